The quantitative estimate of drug-likeness (QED) is 0.686. The van der Waals surface area contributed by atoms with Gasteiger partial charge >= 0.3 is 0 Å². The first-order valence-corrected chi connectivity index (χ1v) is 9.94. The normalized spacial score (nSPS) is 12.8. The average molecular weight is 377 g/mol. The molecule has 0 amide bonds. The topological polar surface area (TPSA) is 92.3 Å². The molecule has 0 bridgehead atoms. The summed E-state index contributed by atoms with van der Waals surface area (Å²) in [7, 11) is -6.74. The lowest BCUT2D eigenvalue weighted by Crippen LogP contribution is -2.29. The highest BCUT2D eigenvalue weighted by Gasteiger charge is 2.18. The van der Waals surface area contributed by atoms with Gasteiger partial charge in [-0.25, -0.2) is 26.3 Å². The number of hydrogen-bond donors (Lipinski definition) is 2. The Morgan fingerprint density at radius 3 is 2.33 bits per heavy atom. The van der Waals surface area contributed by atoms with Gasteiger partial charge in [0.2, 0.25) is 10.0 Å². The van der Waals surface area contributed by atoms with E-state index in [2.05, 4.69) is 25.4 Å². The van der Waals surface area contributed by atoms with Crippen molar-refractivity contribution in [3.63, 3.8) is 0 Å². The molecule has 104 valence electrons. The third-order valence-electron chi connectivity index (χ3n) is 1.84. The van der Waals surface area contributed by atoms with Crippen molar-refractivity contribution in [1.29, 1.82) is 0 Å². The van der Waals surface area contributed by atoms with Crippen molar-refractivity contribution in [2.45, 2.75) is 10.6 Å². The highest BCUT2D eigenvalue weighted by atomic mass is 79.9. The molecular formula is C8H13BrN2O4S3. The van der Waals surface area contributed by atoms with Crippen LogP contribution in [0.5, 0.6) is 0 Å². The maximum Gasteiger partial charge on any atom is 0.251 e. The second-order valence-electron chi connectivity index (χ2n) is 3.47. The molecule has 0 saturated heterocycles. The number of rotatable bonds is 7. The summed E-state index contributed by atoms with van der Waals surface area (Å²) in [6, 6.07) is 1.66. The summed E-state index contributed by atoms with van der Waals surface area (Å²) in [6.07, 6.45) is 1.44. The highest BCUT2D eigenvalue weighted by molar-refractivity contribution is 9.10. The predicted molar refractivity (Wildman–Crippen MR) is 74.7 cm³/mol. The van der Waals surface area contributed by atoms with E-state index in [1.807, 2.05) is 0 Å². The van der Waals surface area contributed by atoms with Crippen molar-refractivity contribution < 1.29 is 16.8 Å². The summed E-state index contributed by atoms with van der Waals surface area (Å²) in [5.41, 5.74) is 0. The molecule has 0 aliphatic heterocycles. The van der Waals surface area contributed by atoms with Crippen LogP contribution in [0.4, 0.5) is 0 Å². The molecule has 0 aliphatic rings. The zero-order chi connectivity index (χ0) is 13.8. The maximum atomic E-state index is 11.8. The van der Waals surface area contributed by atoms with Crippen LogP contribution in [0.15, 0.2) is 20.1 Å². The van der Waals surface area contributed by atoms with Crippen LogP contribution in [-0.4, -0.2) is 36.2 Å². The lowest BCUT2D eigenvalue weighted by atomic mass is 10.4. The standard InChI is InChI=1S/C8H13BrN2O4S3/c1-17(12,13)10-4-2-5-11-18(14,15)8-7(9)3-6-16-8/h3,6,10-11H,2,4-5H2,1H3. The first-order valence-electron chi connectivity index (χ1n) is 4.90. The van der Waals surface area contributed by atoms with E-state index in [1.54, 1.807) is 11.4 Å². The highest BCUT2D eigenvalue weighted by Crippen LogP contribution is 2.27. The van der Waals surface area contributed by atoms with Crippen molar-refractivity contribution in [3.8, 4) is 0 Å². The van der Waals surface area contributed by atoms with E-state index in [4.69, 9.17) is 0 Å². The molecule has 1 aromatic heterocycles. The number of hydrogen-bond acceptors (Lipinski definition) is 5. The van der Waals surface area contributed by atoms with E-state index in [0.717, 1.165) is 17.6 Å². The Hall–Kier alpha value is -0.000000000000000111. The van der Waals surface area contributed by atoms with Crippen LogP contribution in [0, 0.1) is 0 Å². The SMILES string of the molecule is CS(=O)(=O)NCCCNS(=O)(=O)c1sccc1Br. The molecule has 18 heavy (non-hydrogen) atoms. The van der Waals surface area contributed by atoms with Crippen molar-refractivity contribution in [2.75, 3.05) is 19.3 Å². The molecule has 0 aliphatic carbocycles. The molecular weight excluding hydrogens is 364 g/mol. The maximum absolute atomic E-state index is 11.8. The van der Waals surface area contributed by atoms with Gasteiger partial charge in [-0.3, -0.25) is 0 Å². The third-order valence-corrected chi connectivity index (χ3v) is 6.70. The number of halogens is 1. The van der Waals surface area contributed by atoms with Gasteiger partial charge in [0, 0.05) is 17.6 Å². The summed E-state index contributed by atoms with van der Waals surface area (Å²) in [5.74, 6) is 0. The Kier molecular flexibility index (Phi) is 5.74. The van der Waals surface area contributed by atoms with Gasteiger partial charge in [-0.2, -0.15) is 0 Å². The van der Waals surface area contributed by atoms with Crippen LogP contribution in [-0.2, 0) is 20.0 Å². The van der Waals surface area contributed by atoms with Crippen molar-refractivity contribution >= 4 is 47.3 Å². The van der Waals surface area contributed by atoms with Crippen LogP contribution in [0.2, 0.25) is 0 Å². The fraction of sp³-hybridized carbons (Fsp3) is 0.500. The minimum Gasteiger partial charge on any atom is -0.215 e. The number of thiophene rings is 1. The van der Waals surface area contributed by atoms with Gasteiger partial charge in [-0.05, 0) is 33.8 Å². The van der Waals surface area contributed by atoms with Crippen molar-refractivity contribution in [1.82, 2.24) is 9.44 Å². The third kappa shape index (κ3) is 5.33. The second-order valence-corrected chi connectivity index (χ2v) is 9.04. The molecule has 6 nitrogen and oxygen atoms in total. The molecule has 2 N–H and O–H groups in total. The monoisotopic (exact) mass is 376 g/mol. The molecule has 0 saturated carbocycles. The smallest absolute Gasteiger partial charge is 0.215 e. The van der Waals surface area contributed by atoms with Gasteiger partial charge in [0.25, 0.3) is 10.0 Å². The summed E-state index contributed by atoms with van der Waals surface area (Å²) < 4.78 is 50.6. The van der Waals surface area contributed by atoms with Crippen LogP contribution in [0.25, 0.3) is 0 Å². The van der Waals surface area contributed by atoms with Gasteiger partial charge in [0.15, 0.2) is 0 Å². The summed E-state index contributed by atoms with van der Waals surface area (Å²) in [5, 5.41) is 1.67. The molecule has 0 spiro atoms. The first-order chi connectivity index (χ1) is 8.22. The Morgan fingerprint density at radius 2 is 1.83 bits per heavy atom. The van der Waals surface area contributed by atoms with Gasteiger partial charge < -0.3 is 0 Å². The molecule has 10 heteroatoms. The minimum absolute atomic E-state index is 0.176. The zero-order valence-corrected chi connectivity index (χ0v) is 13.5. The summed E-state index contributed by atoms with van der Waals surface area (Å²) in [6.45, 7) is 0.377. The van der Waals surface area contributed by atoms with Gasteiger partial charge in [0.1, 0.15) is 4.21 Å². The summed E-state index contributed by atoms with van der Waals surface area (Å²) >= 11 is 4.27. The Labute approximate surface area is 119 Å². The second kappa shape index (κ2) is 6.44. The zero-order valence-electron chi connectivity index (χ0n) is 9.51. The molecule has 1 heterocycles. The van der Waals surface area contributed by atoms with Crippen molar-refractivity contribution in [3.05, 3.63) is 15.9 Å². The molecule has 0 unspecified atom stereocenters. The average Bonchev–Trinajstić information content (AvgIpc) is 2.62. The molecule has 0 atom stereocenters. The lowest BCUT2D eigenvalue weighted by Gasteiger charge is -2.05. The molecule has 1 rings (SSSR count). The predicted octanol–water partition coefficient (Wildman–Crippen LogP) is 0.728. The molecule has 0 aromatic carbocycles. The first kappa shape index (κ1) is 16.1. The Morgan fingerprint density at radius 1 is 1.22 bits per heavy atom. The van der Waals surface area contributed by atoms with E-state index in [0.29, 0.717) is 10.9 Å². The van der Waals surface area contributed by atoms with Crippen LogP contribution in [0.3, 0.4) is 0 Å². The van der Waals surface area contributed by atoms with E-state index in [1.165, 1.54) is 0 Å². The van der Waals surface area contributed by atoms with Gasteiger partial charge in [-0.1, -0.05) is 0 Å². The Bertz CT molecular complexity index is 594. The Balaban J connectivity index is 2.43. The van der Waals surface area contributed by atoms with Crippen LogP contribution in [0.1, 0.15) is 6.42 Å². The van der Waals surface area contributed by atoms with E-state index in [-0.39, 0.29) is 17.3 Å². The fourth-order valence-electron chi connectivity index (χ4n) is 1.09. The summed E-state index contributed by atoms with van der Waals surface area (Å²) in [4.78, 5) is 0. The molecule has 0 fully saturated rings. The van der Waals surface area contributed by atoms with E-state index in [9.17, 15) is 16.8 Å². The van der Waals surface area contributed by atoms with Crippen LogP contribution < -0.4 is 9.44 Å². The number of nitrogens with one attached hydrogen (secondary N) is 2. The van der Waals surface area contributed by atoms with Gasteiger partial charge in [-0.15, -0.1) is 11.3 Å². The minimum atomic E-state index is -3.52. The number of sulfonamides is 2. The van der Waals surface area contributed by atoms with E-state index >= 15 is 0 Å². The van der Waals surface area contributed by atoms with Crippen LogP contribution >= 0.6 is 27.3 Å². The van der Waals surface area contributed by atoms with Gasteiger partial charge in [0.05, 0.1) is 6.26 Å². The van der Waals surface area contributed by atoms with Crippen molar-refractivity contribution in [2.24, 2.45) is 0 Å². The molecule has 0 radical (unpaired) electrons. The van der Waals surface area contributed by atoms with E-state index < -0.39 is 20.0 Å². The largest absolute Gasteiger partial charge is 0.251 e. The molecule has 1 aromatic rings. The lowest BCUT2D eigenvalue weighted by molar-refractivity contribution is 0.576. The fourth-order valence-corrected chi connectivity index (χ4v) is 5.06.